The van der Waals surface area contributed by atoms with Gasteiger partial charge in [-0.3, -0.25) is 0 Å². The highest BCUT2D eigenvalue weighted by Gasteiger charge is 2.21. The Balaban J connectivity index is 1.49. The Labute approximate surface area is 108 Å². The number of morpholine rings is 1. The molecule has 1 aliphatic carbocycles. The minimum Gasteiger partial charge on any atom is -0.374 e. The number of nitrogens with zero attached hydrogens (tertiary/aromatic N) is 3. The lowest BCUT2D eigenvalue weighted by Crippen LogP contribution is -2.41. The SMILES string of the molecule is CN1CCOC(Cn2cnc(CNC3CC3)c2)C1. The Morgan fingerprint density at radius 3 is 3.17 bits per heavy atom. The molecule has 0 bridgehead atoms. The Morgan fingerprint density at radius 1 is 1.50 bits per heavy atom. The zero-order valence-corrected chi connectivity index (χ0v) is 11.0. The van der Waals surface area contributed by atoms with Gasteiger partial charge in [-0.05, 0) is 19.9 Å². The van der Waals surface area contributed by atoms with Gasteiger partial charge < -0.3 is 19.5 Å². The number of imidazole rings is 1. The van der Waals surface area contributed by atoms with Crippen LogP contribution in [0, 0.1) is 0 Å². The fraction of sp³-hybridized carbons (Fsp3) is 0.769. The molecule has 1 unspecified atom stereocenters. The summed E-state index contributed by atoms with van der Waals surface area (Å²) in [6.45, 7) is 4.68. The molecule has 0 radical (unpaired) electrons. The van der Waals surface area contributed by atoms with E-state index in [9.17, 15) is 0 Å². The van der Waals surface area contributed by atoms with Crippen LogP contribution in [0.15, 0.2) is 12.5 Å². The molecule has 1 aliphatic heterocycles. The number of hydrogen-bond donors (Lipinski definition) is 1. The molecule has 5 nitrogen and oxygen atoms in total. The summed E-state index contributed by atoms with van der Waals surface area (Å²) < 4.78 is 7.91. The molecule has 18 heavy (non-hydrogen) atoms. The summed E-state index contributed by atoms with van der Waals surface area (Å²) in [4.78, 5) is 6.75. The van der Waals surface area contributed by atoms with Crippen LogP contribution in [-0.4, -0.2) is 53.3 Å². The van der Waals surface area contributed by atoms with Crippen molar-refractivity contribution in [1.82, 2.24) is 19.8 Å². The average Bonchev–Trinajstić information content (AvgIpc) is 3.08. The summed E-state index contributed by atoms with van der Waals surface area (Å²) in [7, 11) is 2.15. The molecule has 2 aliphatic rings. The summed E-state index contributed by atoms with van der Waals surface area (Å²) in [5.41, 5.74) is 1.13. The maximum atomic E-state index is 5.76. The lowest BCUT2D eigenvalue weighted by Gasteiger charge is -2.30. The Bertz CT molecular complexity index is 388. The molecule has 1 aromatic heterocycles. The van der Waals surface area contributed by atoms with Gasteiger partial charge in [-0.2, -0.15) is 0 Å². The molecule has 2 fully saturated rings. The van der Waals surface area contributed by atoms with Gasteiger partial charge in [-0.25, -0.2) is 4.98 Å². The number of hydrogen-bond acceptors (Lipinski definition) is 4. The molecular weight excluding hydrogens is 228 g/mol. The van der Waals surface area contributed by atoms with Crippen LogP contribution < -0.4 is 5.32 Å². The molecule has 0 aromatic carbocycles. The van der Waals surface area contributed by atoms with Crippen LogP contribution in [0.4, 0.5) is 0 Å². The van der Waals surface area contributed by atoms with Crippen LogP contribution in [-0.2, 0) is 17.8 Å². The Hall–Kier alpha value is -0.910. The van der Waals surface area contributed by atoms with Crippen molar-refractivity contribution < 1.29 is 4.74 Å². The molecule has 5 heteroatoms. The normalized spacial score (nSPS) is 25.5. The molecule has 1 saturated heterocycles. The van der Waals surface area contributed by atoms with Crippen LogP contribution in [0.5, 0.6) is 0 Å². The van der Waals surface area contributed by atoms with E-state index in [0.29, 0.717) is 6.10 Å². The van der Waals surface area contributed by atoms with E-state index >= 15 is 0 Å². The Morgan fingerprint density at radius 2 is 2.39 bits per heavy atom. The maximum absolute atomic E-state index is 5.76. The minimum absolute atomic E-state index is 0.294. The molecule has 1 aromatic rings. The number of likely N-dealkylation sites (N-methyl/N-ethyl adjacent to an activating group) is 1. The number of nitrogens with one attached hydrogen (secondary N) is 1. The highest BCUT2D eigenvalue weighted by molar-refractivity contribution is 4.98. The highest BCUT2D eigenvalue weighted by atomic mass is 16.5. The van der Waals surface area contributed by atoms with Crippen LogP contribution in [0.2, 0.25) is 0 Å². The zero-order valence-electron chi connectivity index (χ0n) is 11.0. The summed E-state index contributed by atoms with van der Waals surface area (Å²) >= 11 is 0. The van der Waals surface area contributed by atoms with Gasteiger partial charge in [0.25, 0.3) is 0 Å². The lowest BCUT2D eigenvalue weighted by atomic mass is 10.3. The van der Waals surface area contributed by atoms with Gasteiger partial charge in [0.2, 0.25) is 0 Å². The van der Waals surface area contributed by atoms with Crippen LogP contribution in [0.3, 0.4) is 0 Å². The van der Waals surface area contributed by atoms with Gasteiger partial charge in [-0.1, -0.05) is 0 Å². The molecule has 1 N–H and O–H groups in total. The van der Waals surface area contributed by atoms with Gasteiger partial charge in [-0.15, -0.1) is 0 Å². The number of aromatic nitrogens is 2. The minimum atomic E-state index is 0.294. The van der Waals surface area contributed by atoms with Crippen molar-refractivity contribution in [3.8, 4) is 0 Å². The van der Waals surface area contributed by atoms with E-state index < -0.39 is 0 Å². The molecule has 0 spiro atoms. The first-order valence-electron chi connectivity index (χ1n) is 6.84. The average molecular weight is 250 g/mol. The van der Waals surface area contributed by atoms with E-state index in [2.05, 4.69) is 33.0 Å². The predicted octanol–water partition coefficient (Wildman–Crippen LogP) is 0.466. The lowest BCUT2D eigenvalue weighted by molar-refractivity contribution is -0.0274. The number of ether oxygens (including phenoxy) is 1. The fourth-order valence-electron chi connectivity index (χ4n) is 2.35. The standard InChI is InChI=1S/C13H22N4O/c1-16-4-5-18-13(8-16)9-17-7-12(15-10-17)6-14-11-2-3-11/h7,10-11,13-14H,2-6,8-9H2,1H3. The molecular formula is C13H22N4O. The fourth-order valence-corrected chi connectivity index (χ4v) is 2.35. The van der Waals surface area contributed by atoms with Crippen molar-refractivity contribution in [3.05, 3.63) is 18.2 Å². The van der Waals surface area contributed by atoms with Gasteiger partial charge >= 0.3 is 0 Å². The van der Waals surface area contributed by atoms with Crippen LogP contribution in [0.25, 0.3) is 0 Å². The molecule has 100 valence electrons. The van der Waals surface area contributed by atoms with E-state index in [4.69, 9.17) is 4.74 Å². The summed E-state index contributed by atoms with van der Waals surface area (Å²) in [6.07, 6.45) is 6.99. The third-order valence-corrected chi connectivity index (χ3v) is 3.59. The smallest absolute Gasteiger partial charge is 0.0950 e. The predicted molar refractivity (Wildman–Crippen MR) is 69.3 cm³/mol. The van der Waals surface area contributed by atoms with Gasteiger partial charge in [0.05, 0.1) is 31.3 Å². The molecule has 1 saturated carbocycles. The van der Waals surface area contributed by atoms with Crippen molar-refractivity contribution in [2.45, 2.75) is 38.1 Å². The third-order valence-electron chi connectivity index (χ3n) is 3.59. The first kappa shape index (κ1) is 12.1. The molecule has 0 amide bonds. The van der Waals surface area contributed by atoms with E-state index in [-0.39, 0.29) is 0 Å². The quantitative estimate of drug-likeness (QED) is 0.825. The second-order valence-electron chi connectivity index (χ2n) is 5.47. The first-order chi connectivity index (χ1) is 8.79. The van der Waals surface area contributed by atoms with E-state index in [1.54, 1.807) is 0 Å². The summed E-state index contributed by atoms with van der Waals surface area (Å²) in [6, 6.07) is 0.741. The maximum Gasteiger partial charge on any atom is 0.0950 e. The monoisotopic (exact) mass is 250 g/mol. The molecule has 3 rings (SSSR count). The highest BCUT2D eigenvalue weighted by Crippen LogP contribution is 2.19. The van der Waals surface area contributed by atoms with Gasteiger partial charge in [0.15, 0.2) is 0 Å². The summed E-state index contributed by atoms with van der Waals surface area (Å²) in [5, 5.41) is 3.48. The zero-order chi connectivity index (χ0) is 12.4. The second kappa shape index (κ2) is 5.38. The Kier molecular flexibility index (Phi) is 3.63. The van der Waals surface area contributed by atoms with E-state index in [0.717, 1.165) is 44.5 Å². The number of rotatable bonds is 5. The van der Waals surface area contributed by atoms with E-state index in [1.807, 2.05) is 6.33 Å². The van der Waals surface area contributed by atoms with Crippen LogP contribution >= 0.6 is 0 Å². The molecule has 2 heterocycles. The van der Waals surface area contributed by atoms with Crippen LogP contribution in [0.1, 0.15) is 18.5 Å². The summed E-state index contributed by atoms with van der Waals surface area (Å²) in [5.74, 6) is 0. The van der Waals surface area contributed by atoms with Crippen molar-refractivity contribution in [2.75, 3.05) is 26.7 Å². The topological polar surface area (TPSA) is 42.3 Å². The first-order valence-corrected chi connectivity index (χ1v) is 6.84. The van der Waals surface area contributed by atoms with Crippen molar-refractivity contribution >= 4 is 0 Å². The van der Waals surface area contributed by atoms with Crippen molar-refractivity contribution in [2.24, 2.45) is 0 Å². The largest absolute Gasteiger partial charge is 0.374 e. The molecule has 1 atom stereocenters. The third kappa shape index (κ3) is 3.31. The second-order valence-corrected chi connectivity index (χ2v) is 5.47. The van der Waals surface area contributed by atoms with E-state index in [1.165, 1.54) is 12.8 Å². The van der Waals surface area contributed by atoms with Gasteiger partial charge in [0, 0.05) is 31.9 Å². The van der Waals surface area contributed by atoms with Crippen molar-refractivity contribution in [1.29, 1.82) is 0 Å². The van der Waals surface area contributed by atoms with Gasteiger partial charge in [0.1, 0.15) is 0 Å². The van der Waals surface area contributed by atoms with Crippen molar-refractivity contribution in [3.63, 3.8) is 0 Å².